The Morgan fingerprint density at radius 1 is 0.900 bits per heavy atom. The molecule has 4 nitrogen and oxygen atoms in total. The number of hydrogen-bond donors (Lipinski definition) is 2. The monoisotopic (exact) mass is 270 g/mol. The molecular formula is C16H14O4. The first-order chi connectivity index (χ1) is 9.54. The molecule has 20 heavy (non-hydrogen) atoms. The van der Waals surface area contributed by atoms with Crippen LogP contribution in [-0.2, 0) is 4.79 Å². The van der Waals surface area contributed by atoms with Gasteiger partial charge in [0.05, 0.1) is 0 Å². The van der Waals surface area contributed by atoms with E-state index in [0.29, 0.717) is 11.1 Å². The van der Waals surface area contributed by atoms with E-state index in [-0.39, 0.29) is 11.5 Å². The summed E-state index contributed by atoms with van der Waals surface area (Å²) in [6.45, 7) is 2.96. The molecule has 0 atom stereocenters. The average Bonchev–Trinajstić information content (AvgIpc) is 2.49. The molecule has 0 saturated heterocycles. The number of carboxylic acids is 1. The number of rotatable bonds is 3. The lowest BCUT2D eigenvalue weighted by molar-refractivity contribution is -0.131. The van der Waals surface area contributed by atoms with Crippen molar-refractivity contribution in [2.75, 3.05) is 0 Å². The molecule has 102 valence electrons. The summed E-state index contributed by atoms with van der Waals surface area (Å²) < 4.78 is 0. The maximum atomic E-state index is 11.9. The summed E-state index contributed by atoms with van der Waals surface area (Å²) in [6, 6.07) is 15.3. The van der Waals surface area contributed by atoms with Crippen molar-refractivity contribution in [3.63, 3.8) is 0 Å². The second-order valence-electron chi connectivity index (χ2n) is 3.78. The van der Waals surface area contributed by atoms with E-state index < -0.39 is 5.97 Å². The van der Waals surface area contributed by atoms with Gasteiger partial charge in [0.2, 0.25) is 0 Å². The van der Waals surface area contributed by atoms with Crippen molar-refractivity contribution in [2.24, 2.45) is 0 Å². The zero-order valence-corrected chi connectivity index (χ0v) is 10.7. The lowest BCUT2D eigenvalue weighted by Crippen LogP contribution is -1.99. The maximum absolute atomic E-state index is 11.9. The molecule has 0 bridgehead atoms. The Kier molecular flexibility index (Phi) is 5.72. The Morgan fingerprint density at radius 3 is 1.80 bits per heavy atom. The van der Waals surface area contributed by atoms with Crippen molar-refractivity contribution in [2.45, 2.75) is 0 Å². The van der Waals surface area contributed by atoms with Crippen LogP contribution in [0.15, 0.2) is 67.3 Å². The van der Waals surface area contributed by atoms with Crippen LogP contribution in [0.1, 0.15) is 15.9 Å². The predicted octanol–water partition coefficient (Wildman–Crippen LogP) is 2.88. The third kappa shape index (κ3) is 4.78. The second kappa shape index (κ2) is 7.53. The molecule has 2 aromatic carbocycles. The number of phenolic OH excluding ortho intramolecular Hbond substituents is 1. The third-order valence-electron chi connectivity index (χ3n) is 2.34. The summed E-state index contributed by atoms with van der Waals surface area (Å²) in [7, 11) is 0. The minimum Gasteiger partial charge on any atom is -0.508 e. The SMILES string of the molecule is C=CC(=O)O.O=C(c1ccccc1)c1ccc(O)cc1. The van der Waals surface area contributed by atoms with Crippen molar-refractivity contribution in [3.8, 4) is 5.75 Å². The molecule has 0 spiro atoms. The Bertz CT molecular complexity index is 586. The lowest BCUT2D eigenvalue weighted by Gasteiger charge is -2.00. The van der Waals surface area contributed by atoms with Gasteiger partial charge in [0.1, 0.15) is 5.75 Å². The summed E-state index contributed by atoms with van der Waals surface area (Å²) in [5.41, 5.74) is 1.24. The quantitative estimate of drug-likeness (QED) is 0.664. The molecule has 0 radical (unpaired) electrons. The standard InChI is InChI=1S/C13H10O2.C3H4O2/c14-12-8-6-11(7-9-12)13(15)10-4-2-1-3-5-10;1-2-3(4)5/h1-9,14H;2H,1H2,(H,4,5). The molecule has 0 aromatic heterocycles. The number of hydrogen-bond acceptors (Lipinski definition) is 3. The Morgan fingerprint density at radius 2 is 1.35 bits per heavy atom. The molecule has 0 heterocycles. The highest BCUT2D eigenvalue weighted by Gasteiger charge is 2.07. The van der Waals surface area contributed by atoms with Crippen molar-refractivity contribution in [1.29, 1.82) is 0 Å². The fraction of sp³-hybridized carbons (Fsp3) is 0. The minimum atomic E-state index is -0.981. The molecule has 2 N–H and O–H groups in total. The van der Waals surface area contributed by atoms with Gasteiger partial charge in [-0.3, -0.25) is 4.79 Å². The molecule has 0 fully saturated rings. The van der Waals surface area contributed by atoms with Crippen LogP contribution in [0.4, 0.5) is 0 Å². The van der Waals surface area contributed by atoms with Crippen LogP contribution in [0.25, 0.3) is 0 Å². The Hall–Kier alpha value is -2.88. The van der Waals surface area contributed by atoms with E-state index in [1.807, 2.05) is 18.2 Å². The molecule has 0 unspecified atom stereocenters. The van der Waals surface area contributed by atoms with E-state index in [9.17, 15) is 9.59 Å². The van der Waals surface area contributed by atoms with Crippen molar-refractivity contribution < 1.29 is 19.8 Å². The summed E-state index contributed by atoms with van der Waals surface area (Å²) in [6.07, 6.45) is 0.833. The fourth-order valence-electron chi connectivity index (χ4n) is 1.37. The zero-order valence-electron chi connectivity index (χ0n) is 10.7. The Balaban J connectivity index is 0.000000347. The summed E-state index contributed by atoms with van der Waals surface area (Å²) in [5.74, 6) is -0.847. The van der Waals surface area contributed by atoms with Crippen molar-refractivity contribution >= 4 is 11.8 Å². The number of carbonyl (C=O) groups is 2. The van der Waals surface area contributed by atoms with Crippen LogP contribution in [0.5, 0.6) is 5.75 Å². The largest absolute Gasteiger partial charge is 0.508 e. The number of carboxylic acid groups (broad SMARTS) is 1. The fourth-order valence-corrected chi connectivity index (χ4v) is 1.37. The minimum absolute atomic E-state index is 0.0319. The average molecular weight is 270 g/mol. The predicted molar refractivity (Wildman–Crippen MR) is 75.8 cm³/mol. The van der Waals surface area contributed by atoms with Gasteiger partial charge in [0, 0.05) is 17.2 Å². The van der Waals surface area contributed by atoms with Crippen LogP contribution in [0.3, 0.4) is 0 Å². The van der Waals surface area contributed by atoms with E-state index >= 15 is 0 Å². The van der Waals surface area contributed by atoms with Gasteiger partial charge in [-0.2, -0.15) is 0 Å². The molecule has 0 aliphatic rings. The zero-order chi connectivity index (χ0) is 15.0. The molecule has 0 aliphatic heterocycles. The lowest BCUT2D eigenvalue weighted by atomic mass is 10.0. The van der Waals surface area contributed by atoms with Gasteiger partial charge < -0.3 is 10.2 Å². The summed E-state index contributed by atoms with van der Waals surface area (Å²) in [5, 5.41) is 16.7. The van der Waals surface area contributed by atoms with Crippen LogP contribution >= 0.6 is 0 Å². The molecule has 0 amide bonds. The van der Waals surface area contributed by atoms with Crippen LogP contribution in [0.2, 0.25) is 0 Å². The van der Waals surface area contributed by atoms with E-state index in [4.69, 9.17) is 10.2 Å². The van der Waals surface area contributed by atoms with Crippen LogP contribution in [-0.4, -0.2) is 22.0 Å². The van der Waals surface area contributed by atoms with E-state index in [2.05, 4.69) is 6.58 Å². The van der Waals surface area contributed by atoms with E-state index in [1.54, 1.807) is 24.3 Å². The second-order valence-corrected chi connectivity index (χ2v) is 3.78. The molecule has 0 aliphatic carbocycles. The highest BCUT2D eigenvalue weighted by atomic mass is 16.4. The van der Waals surface area contributed by atoms with E-state index in [0.717, 1.165) is 6.08 Å². The van der Waals surface area contributed by atoms with E-state index in [1.165, 1.54) is 12.1 Å². The number of aromatic hydroxyl groups is 1. The van der Waals surface area contributed by atoms with Crippen molar-refractivity contribution in [3.05, 3.63) is 78.4 Å². The normalized spacial score (nSPS) is 9.00. The van der Waals surface area contributed by atoms with Gasteiger partial charge in [-0.25, -0.2) is 4.79 Å². The molecule has 2 aromatic rings. The topological polar surface area (TPSA) is 74.6 Å². The van der Waals surface area contributed by atoms with Gasteiger partial charge in [-0.05, 0) is 24.3 Å². The maximum Gasteiger partial charge on any atom is 0.327 e. The highest BCUT2D eigenvalue weighted by Crippen LogP contribution is 2.13. The Labute approximate surface area is 116 Å². The smallest absolute Gasteiger partial charge is 0.327 e. The highest BCUT2D eigenvalue weighted by molar-refractivity contribution is 6.08. The first-order valence-electron chi connectivity index (χ1n) is 5.78. The van der Waals surface area contributed by atoms with Gasteiger partial charge in [-0.1, -0.05) is 36.9 Å². The van der Waals surface area contributed by atoms with Gasteiger partial charge in [0.25, 0.3) is 0 Å². The van der Waals surface area contributed by atoms with Gasteiger partial charge in [-0.15, -0.1) is 0 Å². The summed E-state index contributed by atoms with van der Waals surface area (Å²) >= 11 is 0. The number of phenols is 1. The molecule has 0 saturated carbocycles. The van der Waals surface area contributed by atoms with Gasteiger partial charge in [0.15, 0.2) is 5.78 Å². The van der Waals surface area contributed by atoms with Crippen LogP contribution < -0.4 is 0 Å². The molecule has 4 heteroatoms. The molecular weight excluding hydrogens is 256 g/mol. The van der Waals surface area contributed by atoms with Crippen LogP contribution in [0, 0.1) is 0 Å². The number of aliphatic carboxylic acids is 1. The van der Waals surface area contributed by atoms with Gasteiger partial charge >= 0.3 is 5.97 Å². The number of benzene rings is 2. The summed E-state index contributed by atoms with van der Waals surface area (Å²) in [4.78, 5) is 21.1. The number of ketones is 1. The third-order valence-corrected chi connectivity index (χ3v) is 2.34. The number of carbonyl (C=O) groups excluding carboxylic acids is 1. The first-order valence-corrected chi connectivity index (χ1v) is 5.78. The first kappa shape index (κ1) is 15.2. The molecule has 2 rings (SSSR count). The van der Waals surface area contributed by atoms with Crippen molar-refractivity contribution in [1.82, 2.24) is 0 Å².